The van der Waals surface area contributed by atoms with E-state index in [1.807, 2.05) is 36.8 Å². The lowest BCUT2D eigenvalue weighted by molar-refractivity contribution is 0.114. The molecule has 7 heteroatoms. The Labute approximate surface area is 119 Å². The molecule has 7 nitrogen and oxygen atoms in total. The first-order valence-electron chi connectivity index (χ1n) is 6.91. The van der Waals surface area contributed by atoms with Crippen LogP contribution >= 0.6 is 0 Å². The lowest BCUT2D eigenvalue weighted by Crippen LogP contribution is -2.37. The molecule has 0 spiro atoms. The van der Waals surface area contributed by atoms with Crippen LogP contribution in [0.15, 0.2) is 11.2 Å². The fourth-order valence-corrected chi connectivity index (χ4v) is 2.24. The van der Waals surface area contributed by atoms with Crippen LogP contribution in [0.1, 0.15) is 18.5 Å². The van der Waals surface area contributed by atoms with Crippen LogP contribution in [0.4, 0.5) is 5.95 Å². The molecule has 1 saturated heterocycles. The average molecular weight is 280 g/mol. The highest BCUT2D eigenvalue weighted by Crippen LogP contribution is 2.12. The number of guanidine groups is 1. The van der Waals surface area contributed by atoms with Crippen molar-refractivity contribution in [2.24, 2.45) is 17.8 Å². The number of nitrogens with one attached hydrogen (secondary N) is 1. The summed E-state index contributed by atoms with van der Waals surface area (Å²) in [5.41, 5.74) is 6.88. The molecule has 0 saturated carbocycles. The molecule has 1 aliphatic rings. The Morgan fingerprint density at radius 1 is 1.65 bits per heavy atom. The minimum atomic E-state index is 0.265. The summed E-state index contributed by atoms with van der Waals surface area (Å²) in [7, 11) is 5.91. The molecule has 2 rings (SSSR count). The molecule has 0 aliphatic carbocycles. The molecular weight excluding hydrogens is 256 g/mol. The van der Waals surface area contributed by atoms with Crippen LogP contribution in [0.2, 0.25) is 0 Å². The minimum Gasteiger partial charge on any atom is -0.376 e. The van der Waals surface area contributed by atoms with Crippen LogP contribution in [0.5, 0.6) is 0 Å². The summed E-state index contributed by atoms with van der Waals surface area (Å²) in [5.74, 6) is 1.36. The fourth-order valence-electron chi connectivity index (χ4n) is 2.24. The Morgan fingerprint density at radius 3 is 3.05 bits per heavy atom. The maximum atomic E-state index is 5.86. The highest BCUT2D eigenvalue weighted by atomic mass is 16.5. The van der Waals surface area contributed by atoms with Crippen molar-refractivity contribution in [3.05, 3.63) is 11.9 Å². The standard InChI is InChI=1S/C13H24N6O/c1-18(2)13-17-8-10(19(13)3)7-15-12(14)16-9-11-5-4-6-20-11/h8,11H,4-7,9H2,1-3H3,(H3,14,15,16). The molecule has 20 heavy (non-hydrogen) atoms. The second-order valence-corrected chi connectivity index (χ2v) is 5.22. The summed E-state index contributed by atoms with van der Waals surface area (Å²) in [6.07, 6.45) is 4.31. The SMILES string of the molecule is CN(C)c1ncc(CN=C(N)NCC2CCCO2)n1C. The second kappa shape index (κ2) is 6.60. The predicted octanol–water partition coefficient (Wildman–Crippen LogP) is 0.0694. The topological polar surface area (TPSA) is 80.7 Å². The van der Waals surface area contributed by atoms with Gasteiger partial charge in [-0.05, 0) is 12.8 Å². The van der Waals surface area contributed by atoms with Crippen LogP contribution < -0.4 is 16.0 Å². The van der Waals surface area contributed by atoms with E-state index in [0.29, 0.717) is 12.5 Å². The molecule has 1 atom stereocenters. The van der Waals surface area contributed by atoms with Gasteiger partial charge in [0, 0.05) is 34.3 Å². The Hall–Kier alpha value is -1.76. The monoisotopic (exact) mass is 280 g/mol. The molecule has 1 fully saturated rings. The number of hydrogen-bond donors (Lipinski definition) is 2. The summed E-state index contributed by atoms with van der Waals surface area (Å²) in [4.78, 5) is 10.6. The molecule has 0 bridgehead atoms. The summed E-state index contributed by atoms with van der Waals surface area (Å²) in [6, 6.07) is 0. The van der Waals surface area contributed by atoms with Crippen molar-refractivity contribution >= 4 is 11.9 Å². The molecule has 3 N–H and O–H groups in total. The van der Waals surface area contributed by atoms with Crippen molar-refractivity contribution in [2.45, 2.75) is 25.5 Å². The van der Waals surface area contributed by atoms with Crippen LogP contribution in [0.3, 0.4) is 0 Å². The van der Waals surface area contributed by atoms with Gasteiger partial charge in [0.25, 0.3) is 0 Å². The molecule has 1 aromatic rings. The lowest BCUT2D eigenvalue weighted by Gasteiger charge is -2.12. The second-order valence-electron chi connectivity index (χ2n) is 5.22. The molecule has 0 radical (unpaired) electrons. The molecule has 0 amide bonds. The van der Waals surface area contributed by atoms with E-state index in [9.17, 15) is 0 Å². The van der Waals surface area contributed by atoms with E-state index in [0.717, 1.165) is 37.6 Å². The van der Waals surface area contributed by atoms with Crippen molar-refractivity contribution in [3.8, 4) is 0 Å². The zero-order valence-corrected chi connectivity index (χ0v) is 12.5. The van der Waals surface area contributed by atoms with E-state index in [1.54, 1.807) is 0 Å². The first-order chi connectivity index (χ1) is 9.58. The lowest BCUT2D eigenvalue weighted by atomic mass is 10.2. The van der Waals surface area contributed by atoms with Crippen molar-refractivity contribution in [1.29, 1.82) is 0 Å². The van der Waals surface area contributed by atoms with E-state index in [1.165, 1.54) is 0 Å². The zero-order chi connectivity index (χ0) is 14.5. The number of anilines is 1. The third kappa shape index (κ3) is 3.63. The van der Waals surface area contributed by atoms with Gasteiger partial charge in [-0.25, -0.2) is 9.98 Å². The first kappa shape index (κ1) is 14.6. The van der Waals surface area contributed by atoms with Crippen molar-refractivity contribution in [3.63, 3.8) is 0 Å². The number of nitrogens with zero attached hydrogens (tertiary/aromatic N) is 4. The number of ether oxygens (including phenoxy) is 1. The van der Waals surface area contributed by atoms with Gasteiger partial charge >= 0.3 is 0 Å². The molecule has 1 aliphatic heterocycles. The number of hydrogen-bond acceptors (Lipinski definition) is 4. The van der Waals surface area contributed by atoms with E-state index in [2.05, 4.69) is 15.3 Å². The van der Waals surface area contributed by atoms with Gasteiger partial charge in [-0.3, -0.25) is 0 Å². The molecule has 1 unspecified atom stereocenters. The van der Waals surface area contributed by atoms with E-state index < -0.39 is 0 Å². The summed E-state index contributed by atoms with van der Waals surface area (Å²) >= 11 is 0. The van der Waals surface area contributed by atoms with E-state index in [-0.39, 0.29) is 6.10 Å². The van der Waals surface area contributed by atoms with Crippen LogP contribution in [-0.4, -0.2) is 48.9 Å². The number of nitrogens with two attached hydrogens (primary N) is 1. The third-order valence-electron chi connectivity index (χ3n) is 3.41. The molecule has 1 aromatic heterocycles. The first-order valence-corrected chi connectivity index (χ1v) is 6.91. The van der Waals surface area contributed by atoms with E-state index >= 15 is 0 Å². The molecule has 0 aromatic carbocycles. The molecule has 2 heterocycles. The van der Waals surface area contributed by atoms with Gasteiger partial charge in [0.15, 0.2) is 5.96 Å². The van der Waals surface area contributed by atoms with Gasteiger partial charge in [-0.1, -0.05) is 0 Å². The normalized spacial score (nSPS) is 19.4. The van der Waals surface area contributed by atoms with Crippen molar-refractivity contribution in [2.75, 3.05) is 32.1 Å². The Morgan fingerprint density at radius 2 is 2.45 bits per heavy atom. The highest BCUT2D eigenvalue weighted by Gasteiger charge is 2.15. The van der Waals surface area contributed by atoms with Crippen LogP contribution in [-0.2, 0) is 18.3 Å². The zero-order valence-electron chi connectivity index (χ0n) is 12.5. The maximum Gasteiger partial charge on any atom is 0.204 e. The molecular formula is C13H24N6O. The van der Waals surface area contributed by atoms with Gasteiger partial charge in [-0.15, -0.1) is 0 Å². The average Bonchev–Trinajstić information content (AvgIpc) is 3.03. The van der Waals surface area contributed by atoms with Gasteiger partial charge in [-0.2, -0.15) is 0 Å². The van der Waals surface area contributed by atoms with Crippen molar-refractivity contribution < 1.29 is 4.74 Å². The number of aromatic nitrogens is 2. The summed E-state index contributed by atoms with van der Waals surface area (Å²) in [5, 5.41) is 3.11. The quantitative estimate of drug-likeness (QED) is 0.589. The third-order valence-corrected chi connectivity index (χ3v) is 3.41. The Balaban J connectivity index is 1.84. The van der Waals surface area contributed by atoms with E-state index in [4.69, 9.17) is 10.5 Å². The number of aliphatic imine (C=N–C) groups is 1. The fraction of sp³-hybridized carbons (Fsp3) is 0.692. The van der Waals surface area contributed by atoms with Gasteiger partial charge < -0.3 is 25.3 Å². The molecule has 112 valence electrons. The number of rotatable bonds is 5. The maximum absolute atomic E-state index is 5.86. The summed E-state index contributed by atoms with van der Waals surface area (Å²) < 4.78 is 7.53. The Kier molecular flexibility index (Phi) is 4.84. The van der Waals surface area contributed by atoms with Gasteiger partial charge in [0.1, 0.15) is 0 Å². The summed E-state index contributed by atoms with van der Waals surface area (Å²) in [6.45, 7) is 2.09. The van der Waals surface area contributed by atoms with Crippen LogP contribution in [0.25, 0.3) is 0 Å². The van der Waals surface area contributed by atoms with Gasteiger partial charge in [0.2, 0.25) is 5.95 Å². The number of imidazole rings is 1. The van der Waals surface area contributed by atoms with Crippen molar-refractivity contribution in [1.82, 2.24) is 14.9 Å². The largest absolute Gasteiger partial charge is 0.376 e. The smallest absolute Gasteiger partial charge is 0.204 e. The highest BCUT2D eigenvalue weighted by molar-refractivity contribution is 5.77. The van der Waals surface area contributed by atoms with Crippen LogP contribution in [0, 0.1) is 0 Å². The Bertz CT molecular complexity index is 461. The van der Waals surface area contributed by atoms with Gasteiger partial charge in [0.05, 0.1) is 24.5 Å². The minimum absolute atomic E-state index is 0.265. The predicted molar refractivity (Wildman–Crippen MR) is 79.8 cm³/mol.